The van der Waals surface area contributed by atoms with E-state index in [1.165, 1.54) is 12.1 Å². The van der Waals surface area contributed by atoms with Crippen molar-refractivity contribution in [1.82, 2.24) is 10.5 Å². The molecule has 1 N–H and O–H groups in total. The molecule has 1 aromatic heterocycles. The Hall–Kier alpha value is -1.59. The molecule has 2 rings (SSSR count). The molecule has 4 nitrogen and oxygen atoms in total. The Morgan fingerprint density at radius 3 is 2.90 bits per heavy atom. The maximum absolute atomic E-state index is 13.2. The lowest BCUT2D eigenvalue weighted by Gasteiger charge is -2.04. The Bertz CT molecular complexity index is 572. The summed E-state index contributed by atoms with van der Waals surface area (Å²) in [5.74, 6) is 0.467. The van der Waals surface area contributed by atoms with Gasteiger partial charge in [0.15, 0.2) is 5.76 Å². The van der Waals surface area contributed by atoms with Crippen molar-refractivity contribution in [1.29, 1.82) is 0 Å². The minimum absolute atomic E-state index is 0.0686. The fourth-order valence-corrected chi connectivity index (χ4v) is 1.65. The van der Waals surface area contributed by atoms with Crippen molar-refractivity contribution in [3.05, 3.63) is 46.6 Å². The molecule has 0 saturated carbocycles. The molecule has 6 heteroatoms. The van der Waals surface area contributed by atoms with Gasteiger partial charge in [-0.3, -0.25) is 0 Å². The maximum Gasteiger partial charge on any atom is 0.174 e. The monoisotopic (exact) mass is 298 g/mol. The van der Waals surface area contributed by atoms with Gasteiger partial charge in [-0.25, -0.2) is 4.39 Å². The number of rotatable bonds is 6. The lowest BCUT2D eigenvalue weighted by Crippen LogP contribution is -2.21. The van der Waals surface area contributed by atoms with Crippen LogP contribution < -0.4 is 10.1 Å². The summed E-state index contributed by atoms with van der Waals surface area (Å²) in [6, 6.07) is 6.47. The predicted octanol–water partition coefficient (Wildman–Crippen LogP) is 3.54. The minimum atomic E-state index is -0.511. The van der Waals surface area contributed by atoms with Crippen LogP contribution in [0.4, 0.5) is 4.39 Å². The van der Waals surface area contributed by atoms with E-state index in [-0.39, 0.29) is 11.6 Å². The summed E-state index contributed by atoms with van der Waals surface area (Å²) in [5, 5.41) is 7.22. The molecule has 0 unspecified atom stereocenters. The Kier molecular flexibility index (Phi) is 4.98. The highest BCUT2D eigenvalue weighted by atomic mass is 35.5. The van der Waals surface area contributed by atoms with Crippen LogP contribution in [0.3, 0.4) is 0 Å². The van der Waals surface area contributed by atoms with Gasteiger partial charge in [0, 0.05) is 24.7 Å². The number of nitrogens with zero attached hydrogens (tertiary/aromatic N) is 1. The number of ether oxygens (including phenoxy) is 1. The van der Waals surface area contributed by atoms with Gasteiger partial charge < -0.3 is 14.6 Å². The number of aromatic nitrogens is 1. The molecular formula is C14H16ClFN2O2. The zero-order chi connectivity index (χ0) is 14.5. The predicted molar refractivity (Wildman–Crippen MR) is 74.2 cm³/mol. The minimum Gasteiger partial charge on any atom is -0.485 e. The van der Waals surface area contributed by atoms with Crippen LogP contribution in [0.1, 0.15) is 25.3 Å². The van der Waals surface area contributed by atoms with Crippen LogP contribution in [0, 0.1) is 5.82 Å². The van der Waals surface area contributed by atoms with Crippen molar-refractivity contribution >= 4 is 11.6 Å². The molecule has 0 atom stereocenters. The number of halogens is 2. The van der Waals surface area contributed by atoms with Gasteiger partial charge >= 0.3 is 0 Å². The van der Waals surface area contributed by atoms with E-state index >= 15 is 0 Å². The van der Waals surface area contributed by atoms with Gasteiger partial charge in [-0.2, -0.15) is 0 Å². The molecule has 0 amide bonds. The van der Waals surface area contributed by atoms with E-state index < -0.39 is 5.82 Å². The highest BCUT2D eigenvalue weighted by Crippen LogP contribution is 2.21. The van der Waals surface area contributed by atoms with Gasteiger partial charge in [-0.05, 0) is 12.1 Å². The quantitative estimate of drug-likeness (QED) is 0.886. The first-order valence-electron chi connectivity index (χ1n) is 6.30. The molecule has 1 heterocycles. The van der Waals surface area contributed by atoms with Crippen molar-refractivity contribution in [2.45, 2.75) is 33.0 Å². The highest BCUT2D eigenvalue weighted by Gasteiger charge is 2.07. The van der Waals surface area contributed by atoms with Crippen LogP contribution in [-0.2, 0) is 13.2 Å². The van der Waals surface area contributed by atoms with Gasteiger partial charge in [0.25, 0.3) is 0 Å². The van der Waals surface area contributed by atoms with Gasteiger partial charge in [0.05, 0.1) is 10.7 Å². The Balaban J connectivity index is 1.89. The lowest BCUT2D eigenvalue weighted by atomic mass is 10.3. The first-order chi connectivity index (χ1) is 9.54. The van der Waals surface area contributed by atoms with Gasteiger partial charge in [-0.15, -0.1) is 0 Å². The normalized spacial score (nSPS) is 11.1. The van der Waals surface area contributed by atoms with Gasteiger partial charge in [0.1, 0.15) is 18.2 Å². The SMILES string of the molecule is CC(C)NCc1cc(COc2ccc(Cl)c(F)c2)on1. The molecule has 0 aliphatic rings. The fraction of sp³-hybridized carbons (Fsp3) is 0.357. The topological polar surface area (TPSA) is 47.3 Å². The molecule has 1 aromatic carbocycles. The van der Waals surface area contributed by atoms with Crippen LogP contribution in [0.2, 0.25) is 5.02 Å². The number of benzene rings is 1. The van der Waals surface area contributed by atoms with Crippen LogP contribution >= 0.6 is 11.6 Å². The second-order valence-electron chi connectivity index (χ2n) is 4.68. The van der Waals surface area contributed by atoms with E-state index in [2.05, 4.69) is 24.3 Å². The molecule has 0 radical (unpaired) electrons. The molecule has 0 saturated heterocycles. The van der Waals surface area contributed by atoms with Crippen molar-refractivity contribution in [3.8, 4) is 5.75 Å². The van der Waals surface area contributed by atoms with E-state index in [1.807, 2.05) is 6.07 Å². The first-order valence-corrected chi connectivity index (χ1v) is 6.68. The van der Waals surface area contributed by atoms with Crippen LogP contribution in [0.15, 0.2) is 28.8 Å². The summed E-state index contributed by atoms with van der Waals surface area (Å²) >= 11 is 5.60. The average Bonchev–Trinajstić information content (AvgIpc) is 2.86. The second kappa shape index (κ2) is 6.72. The smallest absolute Gasteiger partial charge is 0.174 e. The molecule has 0 spiro atoms. The number of nitrogens with one attached hydrogen (secondary N) is 1. The van der Waals surface area contributed by atoms with Gasteiger partial charge in [-0.1, -0.05) is 30.6 Å². The third kappa shape index (κ3) is 4.21. The van der Waals surface area contributed by atoms with Crippen molar-refractivity contribution in [2.24, 2.45) is 0 Å². The molecule has 20 heavy (non-hydrogen) atoms. The molecule has 0 fully saturated rings. The average molecular weight is 299 g/mol. The zero-order valence-electron chi connectivity index (χ0n) is 11.3. The molecular weight excluding hydrogens is 283 g/mol. The number of hydrogen-bond acceptors (Lipinski definition) is 4. The summed E-state index contributed by atoms with van der Waals surface area (Å²) < 4.78 is 23.8. The summed E-state index contributed by atoms with van der Waals surface area (Å²) in [7, 11) is 0. The van der Waals surface area contributed by atoms with E-state index in [9.17, 15) is 4.39 Å². The molecule has 0 aliphatic carbocycles. The van der Waals surface area contributed by atoms with Crippen LogP contribution in [-0.4, -0.2) is 11.2 Å². The molecule has 2 aromatic rings. The highest BCUT2D eigenvalue weighted by molar-refractivity contribution is 6.30. The summed E-state index contributed by atoms with van der Waals surface area (Å²) in [5.41, 5.74) is 0.805. The van der Waals surface area contributed by atoms with Gasteiger partial charge in [0.2, 0.25) is 0 Å². The Labute approximate surface area is 121 Å². The summed E-state index contributed by atoms with van der Waals surface area (Å²) in [6.07, 6.45) is 0. The third-order valence-electron chi connectivity index (χ3n) is 2.57. The Morgan fingerprint density at radius 1 is 1.40 bits per heavy atom. The second-order valence-corrected chi connectivity index (χ2v) is 5.09. The van der Waals surface area contributed by atoms with Crippen molar-refractivity contribution in [3.63, 3.8) is 0 Å². The lowest BCUT2D eigenvalue weighted by molar-refractivity contribution is 0.247. The van der Waals surface area contributed by atoms with Crippen molar-refractivity contribution < 1.29 is 13.7 Å². The van der Waals surface area contributed by atoms with E-state index in [4.69, 9.17) is 20.9 Å². The molecule has 0 aliphatic heterocycles. The largest absolute Gasteiger partial charge is 0.485 e. The van der Waals surface area contributed by atoms with Crippen molar-refractivity contribution in [2.75, 3.05) is 0 Å². The summed E-state index contributed by atoms with van der Waals surface area (Å²) in [6.45, 7) is 4.94. The first kappa shape index (κ1) is 14.8. The van der Waals surface area contributed by atoms with Crippen LogP contribution in [0.5, 0.6) is 5.75 Å². The molecule has 108 valence electrons. The number of hydrogen-bond donors (Lipinski definition) is 1. The zero-order valence-corrected chi connectivity index (χ0v) is 12.1. The summed E-state index contributed by atoms with van der Waals surface area (Å²) in [4.78, 5) is 0. The Morgan fingerprint density at radius 2 is 2.20 bits per heavy atom. The van der Waals surface area contributed by atoms with E-state index in [0.29, 0.717) is 24.1 Å². The third-order valence-corrected chi connectivity index (χ3v) is 2.88. The van der Waals surface area contributed by atoms with Crippen LogP contribution in [0.25, 0.3) is 0 Å². The molecule has 0 bridgehead atoms. The maximum atomic E-state index is 13.2. The van der Waals surface area contributed by atoms with E-state index in [0.717, 1.165) is 5.69 Å². The standard InChI is InChI=1S/C14H16ClFN2O2/c1-9(2)17-7-10-5-12(20-18-10)8-19-11-3-4-13(15)14(16)6-11/h3-6,9,17H,7-8H2,1-2H3. The van der Waals surface area contributed by atoms with E-state index in [1.54, 1.807) is 6.07 Å². The fourth-order valence-electron chi connectivity index (χ4n) is 1.54.